The Morgan fingerprint density at radius 1 is 1.27 bits per heavy atom. The van der Waals surface area contributed by atoms with Gasteiger partial charge in [0.05, 0.1) is 0 Å². The van der Waals surface area contributed by atoms with Crippen molar-refractivity contribution in [1.29, 1.82) is 0 Å². The van der Waals surface area contributed by atoms with E-state index in [1.54, 1.807) is 12.3 Å². The second-order valence-corrected chi connectivity index (χ2v) is 5.58. The largest absolute Gasteiger partial charge is 0.352 e. The number of nitrogens with zero attached hydrogens (tertiary/aromatic N) is 1. The lowest BCUT2D eigenvalue weighted by atomic mass is 10.1. The fourth-order valence-corrected chi connectivity index (χ4v) is 2.81. The van der Waals surface area contributed by atoms with Gasteiger partial charge in [0.15, 0.2) is 0 Å². The molecule has 1 aliphatic rings. The molecule has 0 atom stereocenters. The SMILES string of the molecule is O=C(C=Cc1cncc2ccccc12)NCCC1=CCCC1. The van der Waals surface area contributed by atoms with Gasteiger partial charge < -0.3 is 5.32 Å². The van der Waals surface area contributed by atoms with Crippen molar-refractivity contribution in [3.8, 4) is 0 Å². The van der Waals surface area contributed by atoms with Gasteiger partial charge in [0.25, 0.3) is 0 Å². The Balaban J connectivity index is 1.59. The zero-order valence-corrected chi connectivity index (χ0v) is 12.6. The zero-order chi connectivity index (χ0) is 15.2. The minimum Gasteiger partial charge on any atom is -0.352 e. The van der Waals surface area contributed by atoms with Crippen LogP contribution in [0.3, 0.4) is 0 Å². The first-order valence-electron chi connectivity index (χ1n) is 7.79. The molecule has 0 saturated heterocycles. The van der Waals surface area contributed by atoms with Crippen LogP contribution in [0.5, 0.6) is 0 Å². The van der Waals surface area contributed by atoms with E-state index >= 15 is 0 Å². The van der Waals surface area contributed by atoms with E-state index in [1.807, 2.05) is 36.5 Å². The van der Waals surface area contributed by atoms with Crippen molar-refractivity contribution in [1.82, 2.24) is 10.3 Å². The molecule has 2 aromatic rings. The van der Waals surface area contributed by atoms with Crippen molar-refractivity contribution >= 4 is 22.8 Å². The van der Waals surface area contributed by atoms with Gasteiger partial charge in [-0.1, -0.05) is 35.9 Å². The van der Waals surface area contributed by atoms with E-state index in [0.717, 1.165) is 22.8 Å². The molecule has 0 spiro atoms. The molecule has 0 radical (unpaired) electrons. The third-order valence-electron chi connectivity index (χ3n) is 3.99. The van der Waals surface area contributed by atoms with Crippen molar-refractivity contribution in [3.05, 3.63) is 59.9 Å². The van der Waals surface area contributed by atoms with E-state index in [9.17, 15) is 4.79 Å². The molecule has 1 N–H and O–H groups in total. The summed E-state index contributed by atoms with van der Waals surface area (Å²) in [7, 11) is 0. The van der Waals surface area contributed by atoms with Crippen LogP contribution >= 0.6 is 0 Å². The zero-order valence-electron chi connectivity index (χ0n) is 12.6. The maximum Gasteiger partial charge on any atom is 0.244 e. The van der Waals surface area contributed by atoms with Gasteiger partial charge >= 0.3 is 0 Å². The summed E-state index contributed by atoms with van der Waals surface area (Å²) in [5.74, 6) is -0.0495. The number of amides is 1. The lowest BCUT2D eigenvalue weighted by Crippen LogP contribution is -2.22. The van der Waals surface area contributed by atoms with Crippen LogP contribution in [-0.4, -0.2) is 17.4 Å². The standard InChI is InChI=1S/C19H20N2O/c22-19(21-12-11-15-5-1-2-6-15)10-9-17-14-20-13-16-7-3-4-8-18(16)17/h3-5,7-10,13-14H,1-2,6,11-12H2,(H,21,22). The number of benzene rings is 1. The molecule has 1 aliphatic carbocycles. The lowest BCUT2D eigenvalue weighted by molar-refractivity contribution is -0.116. The fraction of sp³-hybridized carbons (Fsp3) is 0.263. The normalized spacial score (nSPS) is 14.5. The number of nitrogens with one attached hydrogen (secondary N) is 1. The smallest absolute Gasteiger partial charge is 0.244 e. The average Bonchev–Trinajstić information content (AvgIpc) is 3.06. The Morgan fingerprint density at radius 2 is 2.18 bits per heavy atom. The van der Waals surface area contributed by atoms with Crippen molar-refractivity contribution in [2.24, 2.45) is 0 Å². The van der Waals surface area contributed by atoms with E-state index in [2.05, 4.69) is 16.4 Å². The highest BCUT2D eigenvalue weighted by molar-refractivity contribution is 5.96. The van der Waals surface area contributed by atoms with Crippen LogP contribution in [0.25, 0.3) is 16.8 Å². The number of hydrogen-bond donors (Lipinski definition) is 1. The summed E-state index contributed by atoms with van der Waals surface area (Å²) in [6, 6.07) is 8.05. The lowest BCUT2D eigenvalue weighted by Gasteiger charge is -2.03. The van der Waals surface area contributed by atoms with Gasteiger partial charge in [-0.2, -0.15) is 0 Å². The highest BCUT2D eigenvalue weighted by Crippen LogP contribution is 2.20. The van der Waals surface area contributed by atoms with Crippen molar-refractivity contribution < 1.29 is 4.79 Å². The van der Waals surface area contributed by atoms with Crippen LogP contribution in [0.2, 0.25) is 0 Å². The first-order chi connectivity index (χ1) is 10.8. The molecule has 112 valence electrons. The van der Waals surface area contributed by atoms with E-state index in [4.69, 9.17) is 0 Å². The highest BCUT2D eigenvalue weighted by atomic mass is 16.1. The number of allylic oxidation sites excluding steroid dienone is 1. The first kappa shape index (κ1) is 14.5. The summed E-state index contributed by atoms with van der Waals surface area (Å²) in [5, 5.41) is 5.13. The van der Waals surface area contributed by atoms with Crippen molar-refractivity contribution in [2.45, 2.75) is 25.7 Å². The molecule has 0 aliphatic heterocycles. The molecule has 3 rings (SSSR count). The van der Waals surface area contributed by atoms with Crippen LogP contribution in [0.4, 0.5) is 0 Å². The molecule has 1 amide bonds. The molecule has 0 unspecified atom stereocenters. The minimum absolute atomic E-state index is 0.0495. The van der Waals surface area contributed by atoms with Crippen molar-refractivity contribution in [2.75, 3.05) is 6.54 Å². The number of carbonyl (C=O) groups is 1. The van der Waals surface area contributed by atoms with Crippen LogP contribution in [-0.2, 0) is 4.79 Å². The van der Waals surface area contributed by atoms with Gasteiger partial charge in [0.1, 0.15) is 0 Å². The number of fused-ring (bicyclic) bond motifs is 1. The van der Waals surface area contributed by atoms with E-state index in [-0.39, 0.29) is 5.91 Å². The third-order valence-corrected chi connectivity index (χ3v) is 3.99. The highest BCUT2D eigenvalue weighted by Gasteiger charge is 2.04. The second kappa shape index (κ2) is 7.03. The number of pyridine rings is 1. The van der Waals surface area contributed by atoms with E-state index < -0.39 is 0 Å². The summed E-state index contributed by atoms with van der Waals surface area (Å²) in [6.45, 7) is 0.711. The number of aromatic nitrogens is 1. The van der Waals surface area contributed by atoms with Crippen LogP contribution < -0.4 is 5.32 Å². The third kappa shape index (κ3) is 3.61. The monoisotopic (exact) mass is 292 g/mol. The Morgan fingerprint density at radius 3 is 3.05 bits per heavy atom. The van der Waals surface area contributed by atoms with Crippen LogP contribution in [0.1, 0.15) is 31.2 Å². The van der Waals surface area contributed by atoms with Gasteiger partial charge in [-0.05, 0) is 37.1 Å². The van der Waals surface area contributed by atoms with E-state index in [0.29, 0.717) is 6.54 Å². The molecule has 0 saturated carbocycles. The number of rotatable bonds is 5. The van der Waals surface area contributed by atoms with Gasteiger partial charge in [-0.15, -0.1) is 0 Å². The fourth-order valence-electron chi connectivity index (χ4n) is 2.81. The average molecular weight is 292 g/mol. The summed E-state index contributed by atoms with van der Waals surface area (Å²) in [6.07, 6.45) is 13.9. The maximum atomic E-state index is 11.9. The molecular weight excluding hydrogens is 272 g/mol. The molecule has 3 heteroatoms. The van der Waals surface area contributed by atoms with Crippen LogP contribution in [0, 0.1) is 0 Å². The van der Waals surface area contributed by atoms with Gasteiger partial charge in [0, 0.05) is 36.0 Å². The molecule has 22 heavy (non-hydrogen) atoms. The first-order valence-corrected chi connectivity index (χ1v) is 7.79. The summed E-state index contributed by atoms with van der Waals surface area (Å²) < 4.78 is 0. The Labute approximate surface area is 130 Å². The number of hydrogen-bond acceptors (Lipinski definition) is 2. The predicted molar refractivity (Wildman–Crippen MR) is 90.3 cm³/mol. The molecule has 0 bridgehead atoms. The molecule has 1 heterocycles. The quantitative estimate of drug-likeness (QED) is 0.671. The molecular formula is C19H20N2O. The van der Waals surface area contributed by atoms with E-state index in [1.165, 1.54) is 24.8 Å². The Hall–Kier alpha value is -2.42. The topological polar surface area (TPSA) is 42.0 Å². The molecule has 1 aromatic heterocycles. The maximum absolute atomic E-state index is 11.9. The van der Waals surface area contributed by atoms with Gasteiger partial charge in [-0.3, -0.25) is 9.78 Å². The van der Waals surface area contributed by atoms with Gasteiger partial charge in [0.2, 0.25) is 5.91 Å². The molecule has 3 nitrogen and oxygen atoms in total. The van der Waals surface area contributed by atoms with Gasteiger partial charge in [-0.25, -0.2) is 0 Å². The summed E-state index contributed by atoms with van der Waals surface area (Å²) in [4.78, 5) is 16.1. The summed E-state index contributed by atoms with van der Waals surface area (Å²) in [5.41, 5.74) is 2.44. The molecule has 1 aromatic carbocycles. The predicted octanol–water partition coefficient (Wildman–Crippen LogP) is 3.86. The molecule has 0 fully saturated rings. The van der Waals surface area contributed by atoms with Crippen LogP contribution in [0.15, 0.2) is 54.4 Å². The summed E-state index contributed by atoms with van der Waals surface area (Å²) >= 11 is 0. The number of carbonyl (C=O) groups excluding carboxylic acids is 1. The van der Waals surface area contributed by atoms with Crippen molar-refractivity contribution in [3.63, 3.8) is 0 Å². The Bertz CT molecular complexity index is 726. The second-order valence-electron chi connectivity index (χ2n) is 5.58. The Kier molecular flexibility index (Phi) is 4.64. The minimum atomic E-state index is -0.0495.